The number of hydrogen-bond donors (Lipinski definition) is 1. The van der Waals surface area contributed by atoms with Crippen LogP contribution in [0.15, 0.2) is 24.3 Å². The Balaban J connectivity index is 1.90. The molecule has 1 aromatic rings. The molecule has 0 aromatic heterocycles. The summed E-state index contributed by atoms with van der Waals surface area (Å²) in [6.07, 6.45) is 1.30. The standard InChI is InChI=1S/C14H20N2O4/c1-15(11-14(17)6-8-20-9-7-14)10-12-2-4-13(5-3-12)16(18)19/h2-5,17H,6-11H2,1H3. The Morgan fingerprint density at radius 2 is 1.95 bits per heavy atom. The smallest absolute Gasteiger partial charge is 0.269 e. The summed E-state index contributed by atoms with van der Waals surface area (Å²) in [4.78, 5) is 12.2. The van der Waals surface area contributed by atoms with Crippen molar-refractivity contribution < 1.29 is 14.8 Å². The monoisotopic (exact) mass is 280 g/mol. The first kappa shape index (κ1) is 14.9. The summed E-state index contributed by atoms with van der Waals surface area (Å²) in [5.74, 6) is 0. The average Bonchev–Trinajstić information content (AvgIpc) is 2.39. The zero-order valence-electron chi connectivity index (χ0n) is 11.6. The molecular formula is C14H20N2O4. The van der Waals surface area contributed by atoms with E-state index in [-0.39, 0.29) is 5.69 Å². The van der Waals surface area contributed by atoms with E-state index in [1.807, 2.05) is 11.9 Å². The Hall–Kier alpha value is -1.50. The highest BCUT2D eigenvalue weighted by atomic mass is 16.6. The summed E-state index contributed by atoms with van der Waals surface area (Å²) < 4.78 is 5.26. The van der Waals surface area contributed by atoms with Gasteiger partial charge in [-0.1, -0.05) is 12.1 Å². The number of nitro groups is 1. The molecule has 1 saturated heterocycles. The molecule has 1 aliphatic rings. The van der Waals surface area contributed by atoms with Gasteiger partial charge in [0.15, 0.2) is 0 Å². The van der Waals surface area contributed by atoms with Crippen molar-refractivity contribution in [3.63, 3.8) is 0 Å². The maximum Gasteiger partial charge on any atom is 0.269 e. The Bertz CT molecular complexity index is 455. The minimum absolute atomic E-state index is 0.0967. The van der Waals surface area contributed by atoms with Crippen LogP contribution in [0.4, 0.5) is 5.69 Å². The maximum absolute atomic E-state index is 10.6. The van der Waals surface area contributed by atoms with E-state index in [0.717, 1.165) is 5.56 Å². The lowest BCUT2D eigenvalue weighted by molar-refractivity contribution is -0.384. The number of non-ortho nitro benzene ring substituents is 1. The molecule has 1 N–H and O–H groups in total. The van der Waals surface area contributed by atoms with Crippen LogP contribution in [0.5, 0.6) is 0 Å². The number of ether oxygens (including phenoxy) is 1. The molecule has 0 amide bonds. The van der Waals surface area contributed by atoms with Crippen LogP contribution in [0.2, 0.25) is 0 Å². The third-order valence-corrected chi connectivity index (χ3v) is 3.59. The number of benzene rings is 1. The quantitative estimate of drug-likeness (QED) is 0.654. The molecule has 1 heterocycles. The van der Waals surface area contributed by atoms with Crippen molar-refractivity contribution in [1.82, 2.24) is 4.90 Å². The highest BCUT2D eigenvalue weighted by molar-refractivity contribution is 5.32. The Morgan fingerprint density at radius 3 is 2.50 bits per heavy atom. The van der Waals surface area contributed by atoms with Gasteiger partial charge in [-0.3, -0.25) is 15.0 Å². The second-order valence-electron chi connectivity index (χ2n) is 5.43. The Morgan fingerprint density at radius 1 is 1.35 bits per heavy atom. The molecule has 0 aliphatic carbocycles. The van der Waals surface area contributed by atoms with E-state index in [4.69, 9.17) is 4.74 Å². The molecule has 110 valence electrons. The molecule has 6 nitrogen and oxygen atoms in total. The van der Waals surface area contributed by atoms with Crippen molar-refractivity contribution in [3.8, 4) is 0 Å². The molecule has 6 heteroatoms. The summed E-state index contributed by atoms with van der Waals surface area (Å²) in [5, 5.41) is 21.0. The van der Waals surface area contributed by atoms with Gasteiger partial charge in [-0.2, -0.15) is 0 Å². The number of aliphatic hydroxyl groups is 1. The fourth-order valence-corrected chi connectivity index (χ4v) is 2.50. The van der Waals surface area contributed by atoms with E-state index in [9.17, 15) is 15.2 Å². The van der Waals surface area contributed by atoms with Gasteiger partial charge in [-0.25, -0.2) is 0 Å². The normalized spacial score (nSPS) is 18.1. The number of nitrogens with zero attached hydrogens (tertiary/aromatic N) is 2. The molecule has 1 fully saturated rings. The third-order valence-electron chi connectivity index (χ3n) is 3.59. The Kier molecular flexibility index (Phi) is 4.69. The SMILES string of the molecule is CN(Cc1ccc([N+](=O)[O-])cc1)CC1(O)CCOCC1. The van der Waals surface area contributed by atoms with Crippen molar-refractivity contribution in [2.75, 3.05) is 26.8 Å². The zero-order chi connectivity index (χ0) is 14.6. The fourth-order valence-electron chi connectivity index (χ4n) is 2.50. The van der Waals surface area contributed by atoms with Crippen LogP contribution in [-0.2, 0) is 11.3 Å². The van der Waals surface area contributed by atoms with Gasteiger partial charge in [0.1, 0.15) is 0 Å². The first-order valence-electron chi connectivity index (χ1n) is 6.70. The first-order valence-corrected chi connectivity index (χ1v) is 6.70. The van der Waals surface area contributed by atoms with Gasteiger partial charge in [-0.05, 0) is 12.6 Å². The number of likely N-dealkylation sites (N-methyl/N-ethyl adjacent to an activating group) is 1. The summed E-state index contributed by atoms with van der Waals surface area (Å²) in [7, 11) is 1.94. The van der Waals surface area contributed by atoms with E-state index >= 15 is 0 Å². The highest BCUT2D eigenvalue weighted by Crippen LogP contribution is 2.22. The molecule has 20 heavy (non-hydrogen) atoms. The van der Waals surface area contributed by atoms with Crippen LogP contribution in [0, 0.1) is 10.1 Å². The van der Waals surface area contributed by atoms with Gasteiger partial charge in [0.25, 0.3) is 5.69 Å². The number of nitro benzene ring substituents is 1. The van der Waals surface area contributed by atoms with E-state index < -0.39 is 10.5 Å². The van der Waals surface area contributed by atoms with Gasteiger partial charge < -0.3 is 9.84 Å². The molecule has 0 atom stereocenters. The lowest BCUT2D eigenvalue weighted by Gasteiger charge is -2.35. The minimum atomic E-state index is -0.687. The van der Waals surface area contributed by atoms with Crippen LogP contribution in [0.3, 0.4) is 0 Å². The van der Waals surface area contributed by atoms with Crippen molar-refractivity contribution in [2.45, 2.75) is 25.0 Å². The number of rotatable bonds is 5. The van der Waals surface area contributed by atoms with Crippen LogP contribution in [-0.4, -0.2) is 47.3 Å². The molecule has 0 spiro atoms. The predicted molar refractivity (Wildman–Crippen MR) is 74.4 cm³/mol. The zero-order valence-corrected chi connectivity index (χ0v) is 11.6. The molecule has 1 aliphatic heterocycles. The molecule has 0 saturated carbocycles. The molecular weight excluding hydrogens is 260 g/mol. The van der Waals surface area contributed by atoms with Crippen molar-refractivity contribution >= 4 is 5.69 Å². The van der Waals surface area contributed by atoms with Crippen molar-refractivity contribution in [3.05, 3.63) is 39.9 Å². The summed E-state index contributed by atoms with van der Waals surface area (Å²) in [6, 6.07) is 6.52. The van der Waals surface area contributed by atoms with Crippen LogP contribution in [0.25, 0.3) is 0 Å². The van der Waals surface area contributed by atoms with Crippen molar-refractivity contribution in [2.24, 2.45) is 0 Å². The van der Waals surface area contributed by atoms with Crippen molar-refractivity contribution in [1.29, 1.82) is 0 Å². The van der Waals surface area contributed by atoms with Gasteiger partial charge in [-0.15, -0.1) is 0 Å². The van der Waals surface area contributed by atoms with Gasteiger partial charge in [0.05, 0.1) is 10.5 Å². The summed E-state index contributed by atoms with van der Waals surface area (Å²) >= 11 is 0. The molecule has 1 aromatic carbocycles. The topological polar surface area (TPSA) is 75.8 Å². The third kappa shape index (κ3) is 4.00. The first-order chi connectivity index (χ1) is 9.48. The molecule has 0 bridgehead atoms. The minimum Gasteiger partial charge on any atom is -0.388 e. The van der Waals surface area contributed by atoms with E-state index in [0.29, 0.717) is 39.1 Å². The fraction of sp³-hybridized carbons (Fsp3) is 0.571. The molecule has 2 rings (SSSR count). The van der Waals surface area contributed by atoms with Crippen LogP contribution < -0.4 is 0 Å². The van der Waals surface area contributed by atoms with Crippen LogP contribution >= 0.6 is 0 Å². The van der Waals surface area contributed by atoms with Crippen LogP contribution in [0.1, 0.15) is 18.4 Å². The second-order valence-corrected chi connectivity index (χ2v) is 5.43. The van der Waals surface area contributed by atoms with E-state index in [1.165, 1.54) is 12.1 Å². The Labute approximate surface area is 118 Å². The van der Waals surface area contributed by atoms with E-state index in [1.54, 1.807) is 12.1 Å². The summed E-state index contributed by atoms with van der Waals surface area (Å²) in [5.41, 5.74) is 0.404. The lowest BCUT2D eigenvalue weighted by atomic mass is 9.94. The largest absolute Gasteiger partial charge is 0.388 e. The van der Waals surface area contributed by atoms with Gasteiger partial charge in [0, 0.05) is 51.3 Å². The molecule has 0 unspecified atom stereocenters. The highest BCUT2D eigenvalue weighted by Gasteiger charge is 2.30. The lowest BCUT2D eigenvalue weighted by Crippen LogP contribution is -2.45. The second kappa shape index (κ2) is 6.30. The predicted octanol–water partition coefficient (Wildman–Crippen LogP) is 1.57. The summed E-state index contributed by atoms with van der Waals surface area (Å²) in [6.45, 7) is 2.43. The van der Waals surface area contributed by atoms with E-state index in [2.05, 4.69) is 0 Å². The average molecular weight is 280 g/mol. The maximum atomic E-state index is 10.6. The molecule has 0 radical (unpaired) electrons. The number of hydrogen-bond acceptors (Lipinski definition) is 5. The van der Waals surface area contributed by atoms with Gasteiger partial charge in [0.2, 0.25) is 0 Å². The van der Waals surface area contributed by atoms with Gasteiger partial charge >= 0.3 is 0 Å².